The molecule has 2 heterocycles. The van der Waals surface area contributed by atoms with Gasteiger partial charge in [-0.15, -0.1) is 0 Å². The normalized spacial score (nSPS) is 28.6. The van der Waals surface area contributed by atoms with Crippen LogP contribution in [0, 0.1) is 11.7 Å². The van der Waals surface area contributed by atoms with Crippen molar-refractivity contribution in [3.8, 4) is 0 Å². The minimum atomic E-state index is -0.510. The molecule has 1 amide bonds. The molecule has 4 nitrogen and oxygen atoms in total. The average Bonchev–Trinajstić information content (AvgIpc) is 3.18. The Morgan fingerprint density at radius 1 is 1.14 bits per heavy atom. The molecule has 0 aromatic heterocycles. The number of hydrogen-bond donors (Lipinski definition) is 0. The monoisotopic (exact) mass is 402 g/mol. The van der Waals surface area contributed by atoms with Crippen LogP contribution in [0.1, 0.15) is 57.9 Å². The van der Waals surface area contributed by atoms with Crippen molar-refractivity contribution in [1.82, 2.24) is 9.80 Å². The molecule has 4 rings (SSSR count). The molecule has 1 saturated carbocycles. The average molecular weight is 403 g/mol. The van der Waals surface area contributed by atoms with Gasteiger partial charge in [0.05, 0.1) is 17.6 Å². The number of morpholine rings is 1. The third kappa shape index (κ3) is 4.51. The van der Waals surface area contributed by atoms with E-state index in [4.69, 9.17) is 4.74 Å². The van der Waals surface area contributed by atoms with Gasteiger partial charge in [-0.3, -0.25) is 9.69 Å². The number of piperidine rings is 1. The minimum absolute atomic E-state index is 0.229. The number of carbonyl (C=O) groups is 1. The van der Waals surface area contributed by atoms with Crippen LogP contribution in [0.3, 0.4) is 0 Å². The number of nitrogens with zero attached hydrogens (tertiary/aromatic N) is 2. The molecule has 2 saturated heterocycles. The number of benzene rings is 1. The molecular weight excluding hydrogens is 367 g/mol. The predicted molar refractivity (Wildman–Crippen MR) is 112 cm³/mol. The third-order valence-corrected chi connectivity index (χ3v) is 7.16. The van der Waals surface area contributed by atoms with Gasteiger partial charge in [-0.1, -0.05) is 25.0 Å². The molecule has 3 aliphatic rings. The number of carbonyl (C=O) groups excluding carboxylic acids is 1. The summed E-state index contributed by atoms with van der Waals surface area (Å²) in [6.45, 7) is 9.08. The molecule has 29 heavy (non-hydrogen) atoms. The summed E-state index contributed by atoms with van der Waals surface area (Å²) in [5, 5.41) is 0. The molecule has 0 N–H and O–H groups in total. The van der Waals surface area contributed by atoms with Gasteiger partial charge in [-0.25, -0.2) is 4.39 Å². The molecule has 2 atom stereocenters. The zero-order valence-corrected chi connectivity index (χ0v) is 17.9. The van der Waals surface area contributed by atoms with Crippen molar-refractivity contribution in [2.24, 2.45) is 5.92 Å². The van der Waals surface area contributed by atoms with E-state index in [-0.39, 0.29) is 11.7 Å². The van der Waals surface area contributed by atoms with Gasteiger partial charge in [0, 0.05) is 32.7 Å². The Morgan fingerprint density at radius 3 is 2.41 bits per heavy atom. The van der Waals surface area contributed by atoms with Crippen LogP contribution >= 0.6 is 0 Å². The van der Waals surface area contributed by atoms with Crippen LogP contribution in [0.4, 0.5) is 4.39 Å². The zero-order chi connectivity index (χ0) is 20.4. The zero-order valence-electron chi connectivity index (χ0n) is 17.9. The number of ether oxygens (including phenoxy) is 1. The Morgan fingerprint density at radius 2 is 1.79 bits per heavy atom. The van der Waals surface area contributed by atoms with Gasteiger partial charge in [-0.05, 0) is 63.1 Å². The minimum Gasteiger partial charge on any atom is -0.373 e. The standard InChI is InChI=1S/C24H35FN2O2/c1-18-15-26(16-19(2)29-18)17-20-8-12-27(13-9-20)23(28)24(10-3-4-11-24)21-6-5-7-22(25)14-21/h5-7,14,18-20H,3-4,8-13,15-17H2,1-2H3. The van der Waals surface area contributed by atoms with Crippen molar-refractivity contribution >= 4 is 5.91 Å². The fourth-order valence-corrected chi connectivity index (χ4v) is 5.81. The molecule has 1 aromatic carbocycles. The summed E-state index contributed by atoms with van der Waals surface area (Å²) < 4.78 is 19.7. The molecule has 0 bridgehead atoms. The summed E-state index contributed by atoms with van der Waals surface area (Å²) in [6, 6.07) is 6.74. The highest BCUT2D eigenvalue weighted by Gasteiger charge is 2.45. The molecule has 3 fully saturated rings. The van der Waals surface area contributed by atoms with E-state index in [9.17, 15) is 9.18 Å². The van der Waals surface area contributed by atoms with Gasteiger partial charge in [0.2, 0.25) is 5.91 Å². The lowest BCUT2D eigenvalue weighted by Crippen LogP contribution is -2.51. The van der Waals surface area contributed by atoms with Crippen LogP contribution in [0.2, 0.25) is 0 Å². The lowest BCUT2D eigenvalue weighted by Gasteiger charge is -2.41. The van der Waals surface area contributed by atoms with E-state index in [1.54, 1.807) is 12.1 Å². The highest BCUT2D eigenvalue weighted by molar-refractivity contribution is 5.88. The lowest BCUT2D eigenvalue weighted by molar-refractivity contribution is -0.139. The van der Waals surface area contributed by atoms with Crippen molar-refractivity contribution in [3.05, 3.63) is 35.6 Å². The molecule has 0 radical (unpaired) electrons. The lowest BCUT2D eigenvalue weighted by atomic mass is 9.77. The van der Waals surface area contributed by atoms with Gasteiger partial charge in [0.15, 0.2) is 0 Å². The van der Waals surface area contributed by atoms with Crippen LogP contribution in [-0.2, 0) is 14.9 Å². The van der Waals surface area contributed by atoms with Crippen LogP contribution in [0.25, 0.3) is 0 Å². The van der Waals surface area contributed by atoms with E-state index in [2.05, 4.69) is 23.6 Å². The number of halogens is 1. The first-order valence-electron chi connectivity index (χ1n) is 11.4. The smallest absolute Gasteiger partial charge is 0.233 e. The van der Waals surface area contributed by atoms with Crippen LogP contribution in [0.5, 0.6) is 0 Å². The van der Waals surface area contributed by atoms with E-state index < -0.39 is 5.41 Å². The highest BCUT2D eigenvalue weighted by atomic mass is 19.1. The molecule has 2 unspecified atom stereocenters. The third-order valence-electron chi connectivity index (χ3n) is 7.16. The molecule has 160 valence electrons. The second kappa shape index (κ2) is 8.73. The molecule has 1 aliphatic carbocycles. The first kappa shape index (κ1) is 20.8. The fourth-order valence-electron chi connectivity index (χ4n) is 5.81. The fraction of sp³-hybridized carbons (Fsp3) is 0.708. The van der Waals surface area contributed by atoms with Crippen LogP contribution < -0.4 is 0 Å². The maximum Gasteiger partial charge on any atom is 0.233 e. The molecule has 5 heteroatoms. The van der Waals surface area contributed by atoms with Crippen LogP contribution in [0.15, 0.2) is 24.3 Å². The first-order valence-corrected chi connectivity index (χ1v) is 11.4. The van der Waals surface area contributed by atoms with Crippen LogP contribution in [-0.4, -0.2) is 60.6 Å². The van der Waals surface area contributed by atoms with Crippen molar-refractivity contribution in [2.75, 3.05) is 32.7 Å². The van der Waals surface area contributed by atoms with Gasteiger partial charge >= 0.3 is 0 Å². The Balaban J connectivity index is 1.38. The maximum absolute atomic E-state index is 13.9. The summed E-state index contributed by atoms with van der Waals surface area (Å²) in [5.74, 6) is 0.632. The Labute approximate surface area is 174 Å². The largest absolute Gasteiger partial charge is 0.373 e. The van der Waals surface area contributed by atoms with Crippen molar-refractivity contribution < 1.29 is 13.9 Å². The molecule has 1 aromatic rings. The summed E-state index contributed by atoms with van der Waals surface area (Å²) in [4.78, 5) is 18.2. The second-order valence-corrected chi connectivity index (χ2v) is 9.51. The van der Waals surface area contributed by atoms with Gasteiger partial charge in [-0.2, -0.15) is 0 Å². The van der Waals surface area contributed by atoms with Crippen molar-refractivity contribution in [2.45, 2.75) is 70.0 Å². The molecular formula is C24H35FN2O2. The first-order chi connectivity index (χ1) is 14.0. The number of hydrogen-bond acceptors (Lipinski definition) is 3. The number of likely N-dealkylation sites (tertiary alicyclic amines) is 1. The molecule has 2 aliphatic heterocycles. The van der Waals surface area contributed by atoms with E-state index in [1.165, 1.54) is 6.07 Å². The Bertz CT molecular complexity index is 701. The topological polar surface area (TPSA) is 32.8 Å². The van der Waals surface area contributed by atoms with Crippen molar-refractivity contribution in [3.63, 3.8) is 0 Å². The summed E-state index contributed by atoms with van der Waals surface area (Å²) in [7, 11) is 0. The number of amides is 1. The predicted octanol–water partition coefficient (Wildman–Crippen LogP) is 3.99. The SMILES string of the molecule is CC1CN(CC2CCN(C(=O)C3(c4cccc(F)c4)CCCC3)CC2)CC(C)O1. The summed E-state index contributed by atoms with van der Waals surface area (Å²) in [6.07, 6.45) is 6.51. The second-order valence-electron chi connectivity index (χ2n) is 9.51. The molecule has 0 spiro atoms. The van der Waals surface area contributed by atoms with E-state index in [0.29, 0.717) is 18.1 Å². The van der Waals surface area contributed by atoms with E-state index >= 15 is 0 Å². The Kier molecular flexibility index (Phi) is 6.26. The Hall–Kier alpha value is -1.46. The van der Waals surface area contributed by atoms with E-state index in [0.717, 1.165) is 76.8 Å². The van der Waals surface area contributed by atoms with Gasteiger partial charge in [0.25, 0.3) is 0 Å². The van der Waals surface area contributed by atoms with Crippen molar-refractivity contribution in [1.29, 1.82) is 0 Å². The quantitative estimate of drug-likeness (QED) is 0.764. The van der Waals surface area contributed by atoms with E-state index in [1.807, 2.05) is 6.07 Å². The summed E-state index contributed by atoms with van der Waals surface area (Å²) >= 11 is 0. The highest BCUT2D eigenvalue weighted by Crippen LogP contribution is 2.43. The number of rotatable bonds is 4. The maximum atomic E-state index is 13.9. The van der Waals surface area contributed by atoms with Gasteiger partial charge in [0.1, 0.15) is 5.82 Å². The summed E-state index contributed by atoms with van der Waals surface area (Å²) in [5.41, 5.74) is 0.364. The van der Waals surface area contributed by atoms with Gasteiger partial charge < -0.3 is 9.64 Å².